The van der Waals surface area contributed by atoms with Gasteiger partial charge in [0.15, 0.2) is 0 Å². The van der Waals surface area contributed by atoms with Crippen LogP contribution in [0, 0.1) is 5.92 Å². The molecule has 1 aliphatic carbocycles. The monoisotopic (exact) mass is 434 g/mol. The van der Waals surface area contributed by atoms with Crippen LogP contribution >= 0.6 is 0 Å². The van der Waals surface area contributed by atoms with E-state index in [-0.39, 0.29) is 23.8 Å². The number of hydrogen-bond acceptors (Lipinski definition) is 2. The van der Waals surface area contributed by atoms with Crippen LogP contribution in [-0.2, 0) is 17.6 Å². The first-order valence-electron chi connectivity index (χ1n) is 12.3. The zero-order valence-electron chi connectivity index (χ0n) is 19.8. The number of rotatable bonds is 10. The van der Waals surface area contributed by atoms with Crippen molar-refractivity contribution >= 4 is 11.8 Å². The van der Waals surface area contributed by atoms with Gasteiger partial charge in [0.25, 0.3) is 5.91 Å². The van der Waals surface area contributed by atoms with E-state index in [9.17, 15) is 9.59 Å². The quantitative estimate of drug-likeness (QED) is 0.467. The Morgan fingerprint density at radius 2 is 1.78 bits per heavy atom. The molecule has 0 radical (unpaired) electrons. The molecule has 0 saturated heterocycles. The van der Waals surface area contributed by atoms with E-state index in [0.717, 1.165) is 32.1 Å². The second kappa shape index (κ2) is 11.8. The van der Waals surface area contributed by atoms with Gasteiger partial charge in [0, 0.05) is 5.56 Å². The second-order valence-corrected chi connectivity index (χ2v) is 9.14. The summed E-state index contributed by atoms with van der Waals surface area (Å²) in [5.74, 6) is -0.230. The van der Waals surface area contributed by atoms with Gasteiger partial charge in [-0.25, -0.2) is 0 Å². The number of nitrogens with one attached hydrogen (secondary N) is 2. The molecule has 0 bridgehead atoms. The van der Waals surface area contributed by atoms with Gasteiger partial charge >= 0.3 is 0 Å². The highest BCUT2D eigenvalue weighted by Gasteiger charge is 2.29. The average molecular weight is 435 g/mol. The number of hydrogen-bond donors (Lipinski definition) is 2. The maximum absolute atomic E-state index is 13.3. The van der Waals surface area contributed by atoms with Crippen LogP contribution in [0.15, 0.2) is 48.5 Å². The minimum Gasteiger partial charge on any atom is -0.347 e. The molecule has 0 saturated carbocycles. The first-order chi connectivity index (χ1) is 15.5. The minimum atomic E-state index is -0.550. The van der Waals surface area contributed by atoms with Crippen LogP contribution < -0.4 is 10.6 Å². The molecule has 0 spiro atoms. The van der Waals surface area contributed by atoms with E-state index in [0.29, 0.717) is 5.56 Å². The van der Waals surface area contributed by atoms with E-state index in [1.165, 1.54) is 36.0 Å². The standard InChI is InChI=1S/C28H38N2O2/c1-4-6-7-11-21-16-18-23(19-17-21)27(31)30-26(20(3)5-2)28(32)29-25-15-10-13-22-12-8-9-14-24(22)25/h8-9,12,14,16-20,25-26H,4-7,10-11,13,15H2,1-3H3,(H,29,32)(H,30,31). The molecule has 3 atom stereocenters. The first kappa shape index (κ1) is 24.0. The molecule has 4 heteroatoms. The number of carbonyl (C=O) groups is 2. The Kier molecular flexibility index (Phi) is 8.90. The number of carbonyl (C=O) groups excluding carboxylic acids is 2. The Morgan fingerprint density at radius 3 is 2.50 bits per heavy atom. The van der Waals surface area contributed by atoms with Gasteiger partial charge in [0.05, 0.1) is 6.04 Å². The summed E-state index contributed by atoms with van der Waals surface area (Å²) in [7, 11) is 0. The van der Waals surface area contributed by atoms with Gasteiger partial charge in [-0.05, 0) is 66.8 Å². The normalized spacial score (nSPS) is 17.2. The van der Waals surface area contributed by atoms with Gasteiger partial charge in [-0.15, -0.1) is 0 Å². The first-order valence-corrected chi connectivity index (χ1v) is 12.3. The average Bonchev–Trinajstić information content (AvgIpc) is 2.82. The summed E-state index contributed by atoms with van der Waals surface area (Å²) in [6.45, 7) is 6.28. The Labute approximate surface area is 193 Å². The molecule has 3 rings (SSSR count). The molecule has 2 amide bonds. The third-order valence-electron chi connectivity index (χ3n) is 6.75. The van der Waals surface area contributed by atoms with Crippen molar-refractivity contribution in [3.8, 4) is 0 Å². The summed E-state index contributed by atoms with van der Waals surface area (Å²) < 4.78 is 0. The van der Waals surface area contributed by atoms with Gasteiger partial charge in [0.2, 0.25) is 5.91 Å². The highest BCUT2D eigenvalue weighted by atomic mass is 16.2. The van der Waals surface area contributed by atoms with Crippen LogP contribution in [-0.4, -0.2) is 17.9 Å². The van der Waals surface area contributed by atoms with Crippen LogP contribution in [0.2, 0.25) is 0 Å². The lowest BCUT2D eigenvalue weighted by molar-refractivity contribution is -0.125. The smallest absolute Gasteiger partial charge is 0.251 e. The fourth-order valence-electron chi connectivity index (χ4n) is 4.49. The molecule has 0 aromatic heterocycles. The van der Waals surface area contributed by atoms with Crippen LogP contribution in [0.3, 0.4) is 0 Å². The molecule has 0 aliphatic heterocycles. The Bertz CT molecular complexity index is 891. The van der Waals surface area contributed by atoms with Crippen LogP contribution in [0.5, 0.6) is 0 Å². The van der Waals surface area contributed by atoms with Gasteiger partial charge in [-0.3, -0.25) is 9.59 Å². The van der Waals surface area contributed by atoms with Crippen molar-refractivity contribution in [2.24, 2.45) is 5.92 Å². The van der Waals surface area contributed by atoms with E-state index >= 15 is 0 Å². The summed E-state index contributed by atoms with van der Waals surface area (Å²) in [4.78, 5) is 26.2. The molecular formula is C28H38N2O2. The lowest BCUT2D eigenvalue weighted by atomic mass is 9.87. The van der Waals surface area contributed by atoms with Crippen molar-refractivity contribution in [1.29, 1.82) is 0 Å². The third-order valence-corrected chi connectivity index (χ3v) is 6.75. The van der Waals surface area contributed by atoms with Crippen molar-refractivity contribution in [2.75, 3.05) is 0 Å². The third kappa shape index (κ3) is 6.21. The SMILES string of the molecule is CCCCCc1ccc(C(=O)NC(C(=O)NC2CCCc3ccccc32)C(C)CC)cc1. The molecule has 0 fully saturated rings. The van der Waals surface area contributed by atoms with E-state index in [4.69, 9.17) is 0 Å². The predicted octanol–water partition coefficient (Wildman–Crippen LogP) is 5.76. The molecule has 32 heavy (non-hydrogen) atoms. The van der Waals surface area contributed by atoms with Crippen LogP contribution in [0.4, 0.5) is 0 Å². The van der Waals surface area contributed by atoms with Gasteiger partial charge < -0.3 is 10.6 Å². The Morgan fingerprint density at radius 1 is 1.03 bits per heavy atom. The zero-order valence-corrected chi connectivity index (χ0v) is 19.8. The number of unbranched alkanes of at least 4 members (excludes halogenated alkanes) is 2. The van der Waals surface area contributed by atoms with E-state index < -0.39 is 6.04 Å². The molecule has 1 aliphatic rings. The molecule has 2 N–H and O–H groups in total. The largest absolute Gasteiger partial charge is 0.347 e. The van der Waals surface area contributed by atoms with Crippen molar-refractivity contribution in [3.05, 3.63) is 70.8 Å². The van der Waals surface area contributed by atoms with E-state index in [1.807, 2.05) is 37.3 Å². The molecule has 4 nitrogen and oxygen atoms in total. The Hall–Kier alpha value is -2.62. The van der Waals surface area contributed by atoms with Crippen molar-refractivity contribution in [2.45, 2.75) is 84.2 Å². The molecule has 2 aromatic carbocycles. The topological polar surface area (TPSA) is 58.2 Å². The highest BCUT2D eigenvalue weighted by molar-refractivity contribution is 5.97. The van der Waals surface area contributed by atoms with Crippen molar-refractivity contribution in [3.63, 3.8) is 0 Å². The van der Waals surface area contributed by atoms with Gasteiger partial charge in [0.1, 0.15) is 6.04 Å². The van der Waals surface area contributed by atoms with Crippen LogP contribution in [0.25, 0.3) is 0 Å². The maximum atomic E-state index is 13.3. The molecule has 172 valence electrons. The summed E-state index contributed by atoms with van der Waals surface area (Å²) in [5, 5.41) is 6.25. The summed E-state index contributed by atoms with van der Waals surface area (Å²) in [6, 6.07) is 15.6. The van der Waals surface area contributed by atoms with Crippen molar-refractivity contribution in [1.82, 2.24) is 10.6 Å². The number of fused-ring (bicyclic) bond motifs is 1. The summed E-state index contributed by atoms with van der Waals surface area (Å²) in [5.41, 5.74) is 4.38. The van der Waals surface area contributed by atoms with Crippen molar-refractivity contribution < 1.29 is 9.59 Å². The lowest BCUT2D eigenvalue weighted by Crippen LogP contribution is -2.51. The lowest BCUT2D eigenvalue weighted by Gasteiger charge is -2.30. The molecule has 0 heterocycles. The summed E-state index contributed by atoms with van der Waals surface area (Å²) >= 11 is 0. The number of amides is 2. The highest BCUT2D eigenvalue weighted by Crippen LogP contribution is 2.29. The Balaban J connectivity index is 1.66. The maximum Gasteiger partial charge on any atom is 0.251 e. The van der Waals surface area contributed by atoms with Gasteiger partial charge in [-0.1, -0.05) is 76.4 Å². The van der Waals surface area contributed by atoms with Crippen LogP contribution in [0.1, 0.15) is 92.4 Å². The molecular weight excluding hydrogens is 396 g/mol. The number of benzene rings is 2. The predicted molar refractivity (Wildman–Crippen MR) is 131 cm³/mol. The minimum absolute atomic E-state index is 0.0123. The molecule has 3 unspecified atom stereocenters. The van der Waals surface area contributed by atoms with E-state index in [1.54, 1.807) is 0 Å². The second-order valence-electron chi connectivity index (χ2n) is 9.14. The molecule has 2 aromatic rings. The fraction of sp³-hybridized carbons (Fsp3) is 0.500. The van der Waals surface area contributed by atoms with E-state index in [2.05, 4.69) is 42.7 Å². The summed E-state index contributed by atoms with van der Waals surface area (Å²) in [6.07, 6.45) is 8.50. The zero-order chi connectivity index (χ0) is 22.9. The number of aryl methyl sites for hydroxylation is 2. The fourth-order valence-corrected chi connectivity index (χ4v) is 4.49. The van der Waals surface area contributed by atoms with Gasteiger partial charge in [-0.2, -0.15) is 0 Å².